The van der Waals surface area contributed by atoms with E-state index in [0.29, 0.717) is 5.56 Å². The Morgan fingerprint density at radius 2 is 1.87 bits per heavy atom. The van der Waals surface area contributed by atoms with Gasteiger partial charge >= 0.3 is 0 Å². The van der Waals surface area contributed by atoms with Gasteiger partial charge in [0.1, 0.15) is 11.6 Å². The molecule has 0 aliphatic carbocycles. The average Bonchev–Trinajstić information content (AvgIpc) is 3.12. The maximum absolute atomic E-state index is 13.4. The van der Waals surface area contributed by atoms with Crippen LogP contribution in [0.15, 0.2) is 42.5 Å². The van der Waals surface area contributed by atoms with Crippen molar-refractivity contribution < 1.29 is 13.6 Å². The number of hydrogen-bond donors (Lipinski definition) is 2. The van der Waals surface area contributed by atoms with Crippen LogP contribution in [-0.2, 0) is 11.3 Å². The molecule has 30 heavy (non-hydrogen) atoms. The Balaban J connectivity index is 1.46. The normalized spacial score (nSPS) is 15.2. The molecule has 1 aliphatic rings. The molecule has 0 spiro atoms. The summed E-state index contributed by atoms with van der Waals surface area (Å²) in [5, 5.41) is 11.2. The minimum absolute atomic E-state index is 0.0201. The molecule has 4 rings (SSSR count). The SMILES string of the molecule is CN1CCN(C(=O)/C=C/c2[nH]nc3ccc(NCc4cc(F)cc(F)c4)cc23)CC1. The Kier molecular flexibility index (Phi) is 5.76. The molecule has 0 bridgehead atoms. The van der Waals surface area contributed by atoms with Crippen LogP contribution < -0.4 is 5.32 Å². The molecule has 1 aliphatic heterocycles. The summed E-state index contributed by atoms with van der Waals surface area (Å²) in [5.41, 5.74) is 2.79. The lowest BCUT2D eigenvalue weighted by molar-refractivity contribution is -0.127. The molecule has 1 amide bonds. The van der Waals surface area contributed by atoms with E-state index in [9.17, 15) is 13.6 Å². The van der Waals surface area contributed by atoms with E-state index >= 15 is 0 Å². The fourth-order valence-corrected chi connectivity index (χ4v) is 3.47. The first-order valence-corrected chi connectivity index (χ1v) is 9.80. The molecule has 2 aromatic carbocycles. The van der Waals surface area contributed by atoms with E-state index in [-0.39, 0.29) is 12.5 Å². The van der Waals surface area contributed by atoms with Gasteiger partial charge in [-0.1, -0.05) is 0 Å². The predicted octanol–water partition coefficient (Wildman–Crippen LogP) is 3.24. The molecule has 1 aromatic heterocycles. The molecule has 0 radical (unpaired) electrons. The minimum atomic E-state index is -0.602. The number of nitrogens with one attached hydrogen (secondary N) is 2. The van der Waals surface area contributed by atoms with Crippen LogP contribution in [0.1, 0.15) is 11.3 Å². The molecular formula is C22H23F2N5O. The number of aromatic nitrogens is 2. The highest BCUT2D eigenvalue weighted by molar-refractivity contribution is 5.96. The van der Waals surface area contributed by atoms with Crippen LogP contribution in [0.3, 0.4) is 0 Å². The number of carbonyl (C=O) groups is 1. The van der Waals surface area contributed by atoms with Crippen molar-refractivity contribution in [1.29, 1.82) is 0 Å². The lowest BCUT2D eigenvalue weighted by Crippen LogP contribution is -2.46. The standard InChI is InChI=1S/C22H23F2N5O/c1-28-6-8-29(9-7-28)22(30)5-4-21-19-13-18(2-3-20(19)26-27-21)25-14-15-10-16(23)12-17(24)11-15/h2-5,10-13,25H,6-9,14H2,1H3,(H,26,27)/b5-4+. The monoisotopic (exact) mass is 411 g/mol. The molecule has 6 nitrogen and oxygen atoms in total. The van der Waals surface area contributed by atoms with Crippen LogP contribution >= 0.6 is 0 Å². The van der Waals surface area contributed by atoms with Gasteiger partial charge < -0.3 is 15.1 Å². The number of rotatable bonds is 5. The van der Waals surface area contributed by atoms with Gasteiger partial charge in [0.05, 0.1) is 11.2 Å². The second-order valence-corrected chi connectivity index (χ2v) is 7.46. The summed E-state index contributed by atoms with van der Waals surface area (Å²) in [4.78, 5) is 16.5. The van der Waals surface area contributed by atoms with Gasteiger partial charge in [-0.3, -0.25) is 9.89 Å². The summed E-state index contributed by atoms with van der Waals surface area (Å²) in [6, 6.07) is 9.04. The molecule has 0 unspecified atom stereocenters. The smallest absolute Gasteiger partial charge is 0.246 e. The van der Waals surface area contributed by atoms with Gasteiger partial charge in [-0.2, -0.15) is 5.10 Å². The van der Waals surface area contributed by atoms with Crippen molar-refractivity contribution in [1.82, 2.24) is 20.0 Å². The lowest BCUT2D eigenvalue weighted by Gasteiger charge is -2.31. The number of amides is 1. The topological polar surface area (TPSA) is 64.3 Å². The number of benzene rings is 2. The lowest BCUT2D eigenvalue weighted by atomic mass is 10.1. The average molecular weight is 411 g/mol. The number of nitrogens with zero attached hydrogens (tertiary/aromatic N) is 3. The predicted molar refractivity (Wildman–Crippen MR) is 113 cm³/mol. The summed E-state index contributed by atoms with van der Waals surface area (Å²) < 4.78 is 26.7. The van der Waals surface area contributed by atoms with Gasteiger partial charge in [-0.25, -0.2) is 8.78 Å². The summed E-state index contributed by atoms with van der Waals surface area (Å²) in [6.07, 6.45) is 3.30. The largest absolute Gasteiger partial charge is 0.381 e. The number of fused-ring (bicyclic) bond motifs is 1. The van der Waals surface area contributed by atoms with Crippen molar-refractivity contribution >= 4 is 28.6 Å². The molecule has 156 valence electrons. The number of likely N-dealkylation sites (N-methyl/N-ethyl adjacent to an activating group) is 1. The number of piperazine rings is 1. The molecule has 0 atom stereocenters. The molecular weight excluding hydrogens is 388 g/mol. The Labute approximate surface area is 173 Å². The Morgan fingerprint density at radius 1 is 1.13 bits per heavy atom. The highest BCUT2D eigenvalue weighted by Crippen LogP contribution is 2.22. The van der Waals surface area contributed by atoms with E-state index in [4.69, 9.17) is 0 Å². The van der Waals surface area contributed by atoms with E-state index < -0.39 is 11.6 Å². The van der Waals surface area contributed by atoms with Crippen LogP contribution in [0.25, 0.3) is 17.0 Å². The van der Waals surface area contributed by atoms with E-state index in [1.165, 1.54) is 12.1 Å². The Bertz CT molecular complexity index is 1070. The van der Waals surface area contributed by atoms with Crippen molar-refractivity contribution in [3.05, 3.63) is 65.4 Å². The van der Waals surface area contributed by atoms with Crippen LogP contribution in [0.4, 0.5) is 14.5 Å². The van der Waals surface area contributed by atoms with E-state index in [0.717, 1.165) is 54.5 Å². The molecule has 0 saturated carbocycles. The van der Waals surface area contributed by atoms with Crippen LogP contribution in [-0.4, -0.2) is 59.1 Å². The number of hydrogen-bond acceptors (Lipinski definition) is 4. The number of anilines is 1. The quantitative estimate of drug-likeness (QED) is 0.633. The molecule has 3 aromatic rings. The third-order valence-corrected chi connectivity index (χ3v) is 5.21. The minimum Gasteiger partial charge on any atom is -0.381 e. The second kappa shape index (κ2) is 8.62. The van der Waals surface area contributed by atoms with Crippen LogP contribution in [0, 0.1) is 11.6 Å². The number of carbonyl (C=O) groups excluding carboxylic acids is 1. The zero-order valence-corrected chi connectivity index (χ0v) is 16.7. The Morgan fingerprint density at radius 3 is 2.60 bits per heavy atom. The first-order chi connectivity index (χ1) is 14.5. The van der Waals surface area contributed by atoms with E-state index in [1.807, 2.05) is 30.1 Å². The zero-order valence-electron chi connectivity index (χ0n) is 16.7. The van der Waals surface area contributed by atoms with Crippen molar-refractivity contribution in [3.63, 3.8) is 0 Å². The summed E-state index contributed by atoms with van der Waals surface area (Å²) in [7, 11) is 2.05. The maximum atomic E-state index is 13.4. The number of aromatic amines is 1. The van der Waals surface area contributed by atoms with Crippen molar-refractivity contribution in [2.45, 2.75) is 6.54 Å². The van der Waals surface area contributed by atoms with Gasteiger partial charge in [0, 0.05) is 55.9 Å². The third-order valence-electron chi connectivity index (χ3n) is 5.21. The fourth-order valence-electron chi connectivity index (χ4n) is 3.47. The summed E-state index contributed by atoms with van der Waals surface area (Å²) in [5.74, 6) is -1.22. The van der Waals surface area contributed by atoms with Gasteiger partial charge in [0.2, 0.25) is 5.91 Å². The first kappa shape index (κ1) is 20.0. The molecule has 2 heterocycles. The van der Waals surface area contributed by atoms with Crippen LogP contribution in [0.5, 0.6) is 0 Å². The maximum Gasteiger partial charge on any atom is 0.246 e. The summed E-state index contributed by atoms with van der Waals surface area (Å²) >= 11 is 0. The number of H-pyrrole nitrogens is 1. The van der Waals surface area contributed by atoms with Crippen molar-refractivity contribution in [3.8, 4) is 0 Å². The van der Waals surface area contributed by atoms with Gasteiger partial charge in [0.25, 0.3) is 0 Å². The zero-order chi connectivity index (χ0) is 21.1. The highest BCUT2D eigenvalue weighted by Gasteiger charge is 2.17. The van der Waals surface area contributed by atoms with Gasteiger partial charge in [0.15, 0.2) is 0 Å². The molecule has 1 saturated heterocycles. The Hall–Kier alpha value is -3.26. The molecule has 1 fully saturated rings. The van der Waals surface area contributed by atoms with E-state index in [2.05, 4.69) is 20.4 Å². The van der Waals surface area contributed by atoms with E-state index in [1.54, 1.807) is 12.2 Å². The molecule has 8 heteroatoms. The molecule has 2 N–H and O–H groups in total. The summed E-state index contributed by atoms with van der Waals surface area (Å²) in [6.45, 7) is 3.47. The van der Waals surface area contributed by atoms with Crippen molar-refractivity contribution in [2.75, 3.05) is 38.5 Å². The van der Waals surface area contributed by atoms with Crippen molar-refractivity contribution in [2.24, 2.45) is 0 Å². The van der Waals surface area contributed by atoms with Gasteiger partial charge in [-0.15, -0.1) is 0 Å². The van der Waals surface area contributed by atoms with Crippen LogP contribution in [0.2, 0.25) is 0 Å². The first-order valence-electron chi connectivity index (χ1n) is 9.80. The van der Waals surface area contributed by atoms with Gasteiger partial charge in [-0.05, 0) is 49.0 Å². The number of halogens is 2. The second-order valence-electron chi connectivity index (χ2n) is 7.46. The fraction of sp³-hybridized carbons (Fsp3) is 0.273. The third kappa shape index (κ3) is 4.65. The highest BCUT2D eigenvalue weighted by atomic mass is 19.1.